The average Bonchev–Trinajstić information content (AvgIpc) is 2.51. The summed E-state index contributed by atoms with van der Waals surface area (Å²) in [6, 6.07) is 6.65. The lowest BCUT2D eigenvalue weighted by Gasteiger charge is -2.37. The summed E-state index contributed by atoms with van der Waals surface area (Å²) in [5.74, 6) is 0.173. The maximum atomic E-state index is 12.9. The number of benzene rings is 1. The summed E-state index contributed by atoms with van der Waals surface area (Å²) < 4.78 is 18.3. The molecule has 2 heterocycles. The highest BCUT2D eigenvalue weighted by atomic mass is 19.1. The summed E-state index contributed by atoms with van der Waals surface area (Å²) >= 11 is 0. The molecule has 1 aromatic carbocycles. The van der Waals surface area contributed by atoms with Gasteiger partial charge >= 0.3 is 0 Å². The third kappa shape index (κ3) is 3.60. The van der Waals surface area contributed by atoms with Crippen LogP contribution in [0.2, 0.25) is 0 Å². The van der Waals surface area contributed by atoms with Gasteiger partial charge in [-0.2, -0.15) is 0 Å². The van der Waals surface area contributed by atoms with Crippen LogP contribution < -0.4 is 4.90 Å². The van der Waals surface area contributed by atoms with Crippen molar-refractivity contribution < 1.29 is 13.9 Å². The fourth-order valence-electron chi connectivity index (χ4n) is 3.00. The molecule has 0 N–H and O–H groups in total. The van der Waals surface area contributed by atoms with Gasteiger partial charge in [-0.05, 0) is 24.3 Å². The fourth-order valence-corrected chi connectivity index (χ4v) is 3.00. The number of ether oxygens (including phenoxy) is 1. The van der Waals surface area contributed by atoms with Gasteiger partial charge in [-0.3, -0.25) is 9.69 Å². The molecule has 0 aliphatic carbocycles. The van der Waals surface area contributed by atoms with Gasteiger partial charge in [0.05, 0.1) is 19.1 Å². The molecule has 2 fully saturated rings. The first-order chi connectivity index (χ1) is 10.2. The van der Waals surface area contributed by atoms with Crippen LogP contribution in [0.15, 0.2) is 24.3 Å². The Hall–Kier alpha value is -1.46. The van der Waals surface area contributed by atoms with Crippen molar-refractivity contribution in [1.29, 1.82) is 0 Å². The molecule has 2 aliphatic heterocycles. The van der Waals surface area contributed by atoms with E-state index in [1.165, 1.54) is 12.1 Å². The van der Waals surface area contributed by atoms with E-state index in [1.54, 1.807) is 0 Å². The van der Waals surface area contributed by atoms with Gasteiger partial charge in [0.25, 0.3) is 0 Å². The van der Waals surface area contributed by atoms with E-state index >= 15 is 0 Å². The number of nitrogens with zero attached hydrogens (tertiary/aromatic N) is 2. The second-order valence-electron chi connectivity index (χ2n) is 5.75. The molecule has 114 valence electrons. The second kappa shape index (κ2) is 6.54. The third-order valence-corrected chi connectivity index (χ3v) is 4.31. The van der Waals surface area contributed by atoms with Crippen molar-refractivity contribution >= 4 is 11.5 Å². The molecular weight excluding hydrogens is 271 g/mol. The monoisotopic (exact) mass is 292 g/mol. The van der Waals surface area contributed by atoms with E-state index in [2.05, 4.69) is 9.80 Å². The van der Waals surface area contributed by atoms with Gasteiger partial charge in [0.15, 0.2) is 0 Å². The van der Waals surface area contributed by atoms with E-state index in [0.29, 0.717) is 25.4 Å². The number of anilines is 1. The van der Waals surface area contributed by atoms with Crippen molar-refractivity contribution in [2.45, 2.75) is 6.42 Å². The summed E-state index contributed by atoms with van der Waals surface area (Å²) in [7, 11) is 0. The summed E-state index contributed by atoms with van der Waals surface area (Å²) in [5, 5.41) is 0. The second-order valence-corrected chi connectivity index (χ2v) is 5.75. The molecule has 21 heavy (non-hydrogen) atoms. The van der Waals surface area contributed by atoms with Crippen molar-refractivity contribution in [3.05, 3.63) is 30.1 Å². The molecule has 2 aliphatic rings. The van der Waals surface area contributed by atoms with Crippen LogP contribution in [-0.4, -0.2) is 56.6 Å². The summed E-state index contributed by atoms with van der Waals surface area (Å²) in [4.78, 5) is 16.4. The van der Waals surface area contributed by atoms with Crippen LogP contribution in [0.4, 0.5) is 10.1 Å². The molecule has 0 aromatic heterocycles. The largest absolute Gasteiger partial charge is 0.380 e. The SMILES string of the molecule is O=C1CCOCC1CN1CCN(c2ccc(F)cc2)CC1. The Morgan fingerprint density at radius 3 is 2.52 bits per heavy atom. The van der Waals surface area contributed by atoms with Crippen LogP contribution in [0.25, 0.3) is 0 Å². The Labute approximate surface area is 124 Å². The van der Waals surface area contributed by atoms with E-state index in [1.807, 2.05) is 12.1 Å². The maximum absolute atomic E-state index is 12.9. The van der Waals surface area contributed by atoms with Crippen LogP contribution >= 0.6 is 0 Å². The van der Waals surface area contributed by atoms with Gasteiger partial charge in [-0.1, -0.05) is 0 Å². The normalized spacial score (nSPS) is 24.3. The molecule has 1 aromatic rings. The molecule has 5 heteroatoms. The molecule has 2 saturated heterocycles. The van der Waals surface area contributed by atoms with Crippen molar-refractivity contribution in [2.75, 3.05) is 50.8 Å². The molecule has 1 atom stereocenters. The maximum Gasteiger partial charge on any atom is 0.141 e. The van der Waals surface area contributed by atoms with Crippen molar-refractivity contribution in [3.63, 3.8) is 0 Å². The van der Waals surface area contributed by atoms with E-state index < -0.39 is 0 Å². The van der Waals surface area contributed by atoms with E-state index in [9.17, 15) is 9.18 Å². The molecule has 0 amide bonds. The number of ketones is 1. The highest BCUT2D eigenvalue weighted by Gasteiger charge is 2.27. The van der Waals surface area contributed by atoms with Crippen molar-refractivity contribution in [1.82, 2.24) is 4.90 Å². The van der Waals surface area contributed by atoms with Gasteiger partial charge in [0.1, 0.15) is 11.6 Å². The van der Waals surface area contributed by atoms with Gasteiger partial charge in [0, 0.05) is 44.8 Å². The Morgan fingerprint density at radius 2 is 1.86 bits per heavy atom. The van der Waals surface area contributed by atoms with Crippen molar-refractivity contribution in [3.8, 4) is 0 Å². The molecule has 4 nitrogen and oxygen atoms in total. The minimum atomic E-state index is -0.201. The predicted octanol–water partition coefficient (Wildman–Crippen LogP) is 1.55. The number of rotatable bonds is 3. The first kappa shape index (κ1) is 14.5. The topological polar surface area (TPSA) is 32.8 Å². The molecule has 0 spiro atoms. The lowest BCUT2D eigenvalue weighted by atomic mass is 9.99. The molecular formula is C16H21FN2O2. The van der Waals surface area contributed by atoms with Crippen LogP contribution in [0, 0.1) is 11.7 Å². The van der Waals surface area contributed by atoms with Crippen LogP contribution in [0.5, 0.6) is 0 Å². The Kier molecular flexibility index (Phi) is 4.51. The number of hydrogen-bond acceptors (Lipinski definition) is 4. The first-order valence-corrected chi connectivity index (χ1v) is 7.56. The van der Waals surface area contributed by atoms with Crippen molar-refractivity contribution in [2.24, 2.45) is 5.92 Å². The molecule has 3 rings (SSSR count). The standard InChI is InChI=1S/C16H21FN2O2/c17-14-1-3-15(4-2-14)19-8-6-18(7-9-19)11-13-12-21-10-5-16(13)20/h1-4,13H,5-12H2. The number of carbonyl (C=O) groups excluding carboxylic acids is 1. The number of halogens is 1. The number of hydrogen-bond donors (Lipinski definition) is 0. The summed E-state index contributed by atoms with van der Waals surface area (Å²) in [6.07, 6.45) is 0.556. The fraction of sp³-hybridized carbons (Fsp3) is 0.562. The number of piperazine rings is 1. The van der Waals surface area contributed by atoms with E-state index in [-0.39, 0.29) is 11.7 Å². The zero-order valence-corrected chi connectivity index (χ0v) is 12.1. The summed E-state index contributed by atoms with van der Waals surface area (Å²) in [6.45, 7) is 5.63. The lowest BCUT2D eigenvalue weighted by Crippen LogP contribution is -2.49. The Balaban J connectivity index is 1.50. The third-order valence-electron chi connectivity index (χ3n) is 4.31. The zero-order valence-electron chi connectivity index (χ0n) is 12.1. The highest BCUT2D eigenvalue weighted by Crippen LogP contribution is 2.18. The minimum Gasteiger partial charge on any atom is -0.380 e. The van der Waals surface area contributed by atoms with Crippen LogP contribution in [-0.2, 0) is 9.53 Å². The molecule has 0 saturated carbocycles. The van der Waals surface area contributed by atoms with E-state index in [0.717, 1.165) is 38.4 Å². The minimum absolute atomic E-state index is 0.0381. The molecule has 1 unspecified atom stereocenters. The van der Waals surface area contributed by atoms with Crippen LogP contribution in [0.3, 0.4) is 0 Å². The smallest absolute Gasteiger partial charge is 0.141 e. The average molecular weight is 292 g/mol. The van der Waals surface area contributed by atoms with Crippen LogP contribution in [0.1, 0.15) is 6.42 Å². The quantitative estimate of drug-likeness (QED) is 0.846. The number of Topliss-reactive ketones (excluding diaryl/α,β-unsaturated/α-hetero) is 1. The molecule has 0 radical (unpaired) electrons. The zero-order chi connectivity index (χ0) is 14.7. The predicted molar refractivity (Wildman–Crippen MR) is 79.0 cm³/mol. The summed E-state index contributed by atoms with van der Waals surface area (Å²) in [5.41, 5.74) is 1.06. The highest BCUT2D eigenvalue weighted by molar-refractivity contribution is 5.82. The van der Waals surface area contributed by atoms with E-state index in [4.69, 9.17) is 4.74 Å². The lowest BCUT2D eigenvalue weighted by molar-refractivity contribution is -0.131. The van der Waals surface area contributed by atoms with Gasteiger partial charge in [-0.15, -0.1) is 0 Å². The Morgan fingerprint density at radius 1 is 1.14 bits per heavy atom. The van der Waals surface area contributed by atoms with Gasteiger partial charge in [-0.25, -0.2) is 4.39 Å². The van der Waals surface area contributed by atoms with Gasteiger partial charge in [0.2, 0.25) is 0 Å². The van der Waals surface area contributed by atoms with Gasteiger partial charge < -0.3 is 9.64 Å². The number of carbonyl (C=O) groups is 1. The molecule has 0 bridgehead atoms. The Bertz CT molecular complexity index is 484. The first-order valence-electron chi connectivity index (χ1n) is 7.56.